The summed E-state index contributed by atoms with van der Waals surface area (Å²) in [6.07, 6.45) is 0.963. The number of ether oxygens (including phenoxy) is 1. The highest BCUT2D eigenvalue weighted by Crippen LogP contribution is 2.45. The van der Waals surface area contributed by atoms with Gasteiger partial charge in [0.1, 0.15) is 15.8 Å². The number of hydrogen-bond acceptors (Lipinski definition) is 4. The standard InChI is InChI=1S/C41H35IN4O3/c42-37-35-27-34(45-26-24-40(38(45)47)23-25-44(29-40)39(48)49-28-30-13-5-1-6-14-30)21-22-36(35)46(43-37)41(31-15-7-2-8-16-31,32-17-9-3-10-18-32)33-19-11-4-12-20-33/h1-22,27H,23-26,28-29H2/t40-/m0/s1. The van der Waals surface area contributed by atoms with Gasteiger partial charge in [-0.05, 0) is 75.9 Å². The van der Waals surface area contributed by atoms with E-state index in [2.05, 4.69) is 112 Å². The molecule has 8 heteroatoms. The first kappa shape index (κ1) is 31.3. The number of halogens is 1. The van der Waals surface area contributed by atoms with Gasteiger partial charge in [0.15, 0.2) is 0 Å². The van der Waals surface area contributed by atoms with Crippen molar-refractivity contribution in [2.75, 3.05) is 24.5 Å². The van der Waals surface area contributed by atoms with E-state index in [1.54, 1.807) is 4.90 Å². The number of anilines is 1. The van der Waals surface area contributed by atoms with Crippen molar-refractivity contribution in [3.63, 3.8) is 0 Å². The molecule has 1 aromatic heterocycles. The Morgan fingerprint density at radius 2 is 1.31 bits per heavy atom. The van der Waals surface area contributed by atoms with Gasteiger partial charge in [-0.2, -0.15) is 5.10 Å². The van der Waals surface area contributed by atoms with E-state index in [1.807, 2.05) is 59.5 Å². The van der Waals surface area contributed by atoms with Crippen LogP contribution in [0, 0.1) is 9.12 Å². The summed E-state index contributed by atoms with van der Waals surface area (Å²) in [5.41, 5.74) is 4.71. The van der Waals surface area contributed by atoms with Crippen molar-refractivity contribution in [2.24, 2.45) is 5.41 Å². The fourth-order valence-electron chi connectivity index (χ4n) is 7.68. The van der Waals surface area contributed by atoms with Crippen LogP contribution in [-0.4, -0.2) is 46.3 Å². The zero-order valence-electron chi connectivity index (χ0n) is 26.9. The van der Waals surface area contributed by atoms with Crippen molar-refractivity contribution in [1.82, 2.24) is 14.7 Å². The van der Waals surface area contributed by atoms with E-state index in [0.717, 1.165) is 42.5 Å². The van der Waals surface area contributed by atoms with Gasteiger partial charge in [-0.25, -0.2) is 9.48 Å². The van der Waals surface area contributed by atoms with E-state index in [1.165, 1.54) is 0 Å². The molecule has 1 atom stereocenters. The second-order valence-electron chi connectivity index (χ2n) is 12.9. The average Bonchev–Trinajstić information content (AvgIpc) is 3.84. The van der Waals surface area contributed by atoms with Crippen LogP contribution >= 0.6 is 22.6 Å². The number of likely N-dealkylation sites (tertiary alicyclic amines) is 1. The molecule has 49 heavy (non-hydrogen) atoms. The van der Waals surface area contributed by atoms with Gasteiger partial charge in [-0.15, -0.1) is 0 Å². The van der Waals surface area contributed by atoms with Crippen molar-refractivity contribution in [1.29, 1.82) is 0 Å². The summed E-state index contributed by atoms with van der Waals surface area (Å²) in [6.45, 7) is 1.71. The lowest BCUT2D eigenvalue weighted by atomic mass is 9.77. The fourth-order valence-corrected chi connectivity index (χ4v) is 8.33. The normalized spacial score (nSPS) is 17.7. The van der Waals surface area contributed by atoms with Crippen LogP contribution < -0.4 is 4.90 Å². The number of amides is 2. The van der Waals surface area contributed by atoms with Gasteiger partial charge < -0.3 is 14.5 Å². The first-order valence-electron chi connectivity index (χ1n) is 16.6. The summed E-state index contributed by atoms with van der Waals surface area (Å²) in [4.78, 5) is 30.7. The third-order valence-electron chi connectivity index (χ3n) is 10.2. The SMILES string of the molecule is O=C(OCc1ccccc1)N1CC[C@]2(CCN(c3ccc4c(c3)c(I)nn4C(c3ccccc3)(c3ccccc3)c3ccccc3)C2=O)C1. The molecule has 8 rings (SSSR count). The minimum absolute atomic E-state index is 0.0693. The molecule has 0 saturated carbocycles. The molecule has 0 radical (unpaired) electrons. The Balaban J connectivity index is 1.13. The molecule has 2 aliphatic heterocycles. The molecule has 0 aliphatic carbocycles. The predicted octanol–water partition coefficient (Wildman–Crippen LogP) is 8.25. The second kappa shape index (κ2) is 12.8. The van der Waals surface area contributed by atoms with Crippen LogP contribution in [0.25, 0.3) is 10.9 Å². The molecule has 0 N–H and O–H groups in total. The van der Waals surface area contributed by atoms with E-state index < -0.39 is 11.0 Å². The highest BCUT2D eigenvalue weighted by atomic mass is 127. The summed E-state index contributed by atoms with van der Waals surface area (Å²) < 4.78 is 8.61. The lowest BCUT2D eigenvalue weighted by molar-refractivity contribution is -0.124. The molecule has 2 aliphatic rings. The zero-order chi connectivity index (χ0) is 33.4. The Kier molecular flexibility index (Phi) is 8.19. The van der Waals surface area contributed by atoms with E-state index in [0.29, 0.717) is 32.5 Å². The van der Waals surface area contributed by atoms with Crippen LogP contribution in [0.4, 0.5) is 10.5 Å². The third kappa shape index (κ3) is 5.38. The average molecular weight is 759 g/mol. The van der Waals surface area contributed by atoms with Gasteiger partial charge in [0, 0.05) is 30.7 Å². The Morgan fingerprint density at radius 1 is 0.755 bits per heavy atom. The molecule has 0 unspecified atom stereocenters. The topological polar surface area (TPSA) is 67.7 Å². The fraction of sp³-hybridized carbons (Fsp3) is 0.195. The molecule has 244 valence electrons. The molecular weight excluding hydrogens is 723 g/mol. The molecule has 2 fully saturated rings. The summed E-state index contributed by atoms with van der Waals surface area (Å²) in [6, 6.07) is 47.5. The summed E-state index contributed by atoms with van der Waals surface area (Å²) >= 11 is 2.32. The van der Waals surface area contributed by atoms with Crippen molar-refractivity contribution in [3.8, 4) is 0 Å². The molecule has 6 aromatic rings. The molecular formula is C41H35IN4O3. The first-order chi connectivity index (χ1) is 24.0. The van der Waals surface area contributed by atoms with Gasteiger partial charge in [-0.1, -0.05) is 121 Å². The van der Waals surface area contributed by atoms with Gasteiger partial charge >= 0.3 is 6.09 Å². The monoisotopic (exact) mass is 758 g/mol. The molecule has 0 bridgehead atoms. The molecule has 5 aromatic carbocycles. The molecule has 2 saturated heterocycles. The first-order valence-corrected chi connectivity index (χ1v) is 17.7. The smallest absolute Gasteiger partial charge is 0.410 e. The van der Waals surface area contributed by atoms with E-state index in [4.69, 9.17) is 9.84 Å². The summed E-state index contributed by atoms with van der Waals surface area (Å²) in [5, 5.41) is 6.24. The number of hydrogen-bond donors (Lipinski definition) is 0. The Labute approximate surface area is 299 Å². The molecule has 3 heterocycles. The Hall–Kier alpha value is -4.96. The van der Waals surface area contributed by atoms with Gasteiger partial charge in [0.05, 0.1) is 10.9 Å². The predicted molar refractivity (Wildman–Crippen MR) is 199 cm³/mol. The summed E-state index contributed by atoms with van der Waals surface area (Å²) in [7, 11) is 0. The number of aromatic nitrogens is 2. The number of carbonyl (C=O) groups is 2. The minimum atomic E-state index is -0.747. The highest BCUT2D eigenvalue weighted by Gasteiger charge is 2.52. The summed E-state index contributed by atoms with van der Waals surface area (Å²) in [5.74, 6) is 0.0693. The lowest BCUT2D eigenvalue weighted by Gasteiger charge is -2.37. The van der Waals surface area contributed by atoms with Crippen LogP contribution in [0.5, 0.6) is 0 Å². The third-order valence-corrected chi connectivity index (χ3v) is 10.9. The van der Waals surface area contributed by atoms with Crippen molar-refractivity contribution in [3.05, 3.63) is 165 Å². The number of rotatable bonds is 7. The molecule has 1 spiro atoms. The Bertz CT molecular complexity index is 2030. The van der Waals surface area contributed by atoms with Crippen LogP contribution in [0.1, 0.15) is 35.1 Å². The maximum absolute atomic E-state index is 14.1. The highest BCUT2D eigenvalue weighted by molar-refractivity contribution is 14.1. The van der Waals surface area contributed by atoms with Crippen molar-refractivity contribution < 1.29 is 14.3 Å². The second-order valence-corrected chi connectivity index (χ2v) is 13.9. The molecule has 2 amide bonds. The van der Waals surface area contributed by atoms with Crippen LogP contribution in [-0.2, 0) is 21.7 Å². The minimum Gasteiger partial charge on any atom is -0.445 e. The van der Waals surface area contributed by atoms with Crippen LogP contribution in [0.2, 0.25) is 0 Å². The lowest BCUT2D eigenvalue weighted by Crippen LogP contribution is -2.39. The Morgan fingerprint density at radius 3 is 1.90 bits per heavy atom. The van der Waals surface area contributed by atoms with Gasteiger partial charge in [0.25, 0.3) is 0 Å². The van der Waals surface area contributed by atoms with Gasteiger partial charge in [0.2, 0.25) is 5.91 Å². The van der Waals surface area contributed by atoms with Crippen molar-refractivity contribution >= 4 is 51.2 Å². The zero-order valence-corrected chi connectivity index (χ0v) is 29.1. The van der Waals surface area contributed by atoms with E-state index >= 15 is 0 Å². The van der Waals surface area contributed by atoms with Crippen LogP contribution in [0.3, 0.4) is 0 Å². The van der Waals surface area contributed by atoms with Crippen molar-refractivity contribution in [2.45, 2.75) is 25.0 Å². The quantitative estimate of drug-likeness (QED) is 0.122. The van der Waals surface area contributed by atoms with E-state index in [9.17, 15) is 9.59 Å². The number of nitrogens with zero attached hydrogens (tertiary/aromatic N) is 4. The van der Waals surface area contributed by atoms with Crippen LogP contribution in [0.15, 0.2) is 140 Å². The van der Waals surface area contributed by atoms with Gasteiger partial charge in [-0.3, -0.25) is 4.79 Å². The number of benzene rings is 5. The maximum atomic E-state index is 14.1. The van der Waals surface area contributed by atoms with E-state index in [-0.39, 0.29) is 18.6 Å². The largest absolute Gasteiger partial charge is 0.445 e. The maximum Gasteiger partial charge on any atom is 0.410 e. The molecule has 7 nitrogen and oxygen atoms in total. The number of fused-ring (bicyclic) bond motifs is 1. The number of carbonyl (C=O) groups excluding carboxylic acids is 2.